The molecule has 154 valence electrons. The molecule has 1 heterocycles. The highest BCUT2D eigenvalue weighted by Gasteiger charge is 2.34. The Morgan fingerprint density at radius 1 is 1.10 bits per heavy atom. The number of halogens is 1. The van der Waals surface area contributed by atoms with E-state index < -0.39 is 10.0 Å². The van der Waals surface area contributed by atoms with Crippen molar-refractivity contribution in [2.45, 2.75) is 30.3 Å². The highest BCUT2D eigenvalue weighted by Crippen LogP contribution is 2.32. The minimum Gasteiger partial charge on any atom is -0.379 e. The Kier molecular flexibility index (Phi) is 6.06. The van der Waals surface area contributed by atoms with Crippen LogP contribution in [-0.4, -0.2) is 55.9 Å². The summed E-state index contributed by atoms with van der Waals surface area (Å²) in [5.74, 6) is -0.137. The number of amides is 1. The van der Waals surface area contributed by atoms with Crippen LogP contribution in [0.25, 0.3) is 0 Å². The number of hydrogen-bond acceptors (Lipinski definition) is 4. The van der Waals surface area contributed by atoms with E-state index in [1.54, 1.807) is 12.1 Å². The molecule has 2 fully saturated rings. The zero-order chi connectivity index (χ0) is 20.4. The fourth-order valence-electron chi connectivity index (χ4n) is 3.46. The van der Waals surface area contributed by atoms with E-state index >= 15 is 0 Å². The maximum Gasteiger partial charge on any atom is 0.254 e. The maximum absolute atomic E-state index is 13.3. The first-order valence-electron chi connectivity index (χ1n) is 9.69. The van der Waals surface area contributed by atoms with Crippen LogP contribution in [0.1, 0.15) is 28.8 Å². The molecule has 0 atom stereocenters. The number of morpholine rings is 1. The normalized spacial score (nSPS) is 17.8. The van der Waals surface area contributed by atoms with Gasteiger partial charge in [0.15, 0.2) is 0 Å². The van der Waals surface area contributed by atoms with Gasteiger partial charge in [-0.15, -0.1) is 0 Å². The molecular weight excluding hydrogens is 456 g/mol. The second kappa shape index (κ2) is 8.55. The molecular formula is C21H23BrN2O4S. The van der Waals surface area contributed by atoms with Gasteiger partial charge in [-0.25, -0.2) is 8.42 Å². The second-order valence-corrected chi connectivity index (χ2v) is 10.1. The summed E-state index contributed by atoms with van der Waals surface area (Å²) in [4.78, 5) is 15.3. The number of hydrogen-bond donors (Lipinski definition) is 0. The van der Waals surface area contributed by atoms with Gasteiger partial charge in [-0.2, -0.15) is 4.31 Å². The average molecular weight is 479 g/mol. The van der Waals surface area contributed by atoms with Crippen LogP contribution in [-0.2, 0) is 21.3 Å². The Labute approximate surface area is 179 Å². The van der Waals surface area contributed by atoms with Crippen molar-refractivity contribution >= 4 is 31.9 Å². The summed E-state index contributed by atoms with van der Waals surface area (Å²) < 4.78 is 33.3. The van der Waals surface area contributed by atoms with Crippen molar-refractivity contribution < 1.29 is 17.9 Å². The predicted molar refractivity (Wildman–Crippen MR) is 113 cm³/mol. The van der Waals surface area contributed by atoms with Crippen LogP contribution in [0.4, 0.5) is 0 Å². The van der Waals surface area contributed by atoms with E-state index in [2.05, 4.69) is 15.9 Å². The summed E-state index contributed by atoms with van der Waals surface area (Å²) in [7, 11) is -3.70. The summed E-state index contributed by atoms with van der Waals surface area (Å²) in [6, 6.07) is 14.9. The predicted octanol–water partition coefficient (Wildman–Crippen LogP) is 3.27. The average Bonchev–Trinajstić information content (AvgIpc) is 3.58. The highest BCUT2D eigenvalue weighted by atomic mass is 79.9. The number of nitrogens with zero attached hydrogens (tertiary/aromatic N) is 2. The Hall–Kier alpha value is -1.74. The SMILES string of the molecule is O=C(c1ccc(Br)c(S(=O)(=O)N2CCOCC2)c1)N(Cc1ccccc1)C1CC1. The molecule has 0 N–H and O–H groups in total. The third-order valence-electron chi connectivity index (χ3n) is 5.21. The molecule has 4 rings (SSSR count). The molecule has 0 spiro atoms. The van der Waals surface area contributed by atoms with Crippen molar-refractivity contribution in [1.29, 1.82) is 0 Å². The minimum atomic E-state index is -3.70. The van der Waals surface area contributed by atoms with Crippen molar-refractivity contribution in [2.75, 3.05) is 26.3 Å². The fraction of sp³-hybridized carbons (Fsp3) is 0.381. The van der Waals surface area contributed by atoms with Crippen molar-refractivity contribution in [2.24, 2.45) is 0 Å². The van der Waals surface area contributed by atoms with Gasteiger partial charge in [0.05, 0.1) is 18.1 Å². The Balaban J connectivity index is 1.62. The number of rotatable bonds is 6. The van der Waals surface area contributed by atoms with E-state index in [-0.39, 0.29) is 16.8 Å². The Bertz CT molecular complexity index is 987. The molecule has 2 aromatic rings. The van der Waals surface area contributed by atoms with Crippen molar-refractivity contribution in [3.8, 4) is 0 Å². The summed E-state index contributed by atoms with van der Waals surface area (Å²) in [5, 5.41) is 0. The van der Waals surface area contributed by atoms with Gasteiger partial charge in [-0.1, -0.05) is 30.3 Å². The molecule has 0 radical (unpaired) electrons. The number of carbonyl (C=O) groups is 1. The first-order valence-corrected chi connectivity index (χ1v) is 11.9. The smallest absolute Gasteiger partial charge is 0.254 e. The Morgan fingerprint density at radius 3 is 2.45 bits per heavy atom. The lowest BCUT2D eigenvalue weighted by Gasteiger charge is -2.27. The standard InChI is InChI=1S/C21H23BrN2O4S/c22-19-9-6-17(14-20(19)29(26,27)23-10-12-28-13-11-23)21(25)24(18-7-8-18)15-16-4-2-1-3-5-16/h1-6,9,14,18H,7-8,10-13,15H2. The number of carbonyl (C=O) groups excluding carboxylic acids is 1. The first-order chi connectivity index (χ1) is 14.0. The van der Waals surface area contributed by atoms with Crippen molar-refractivity contribution in [3.63, 3.8) is 0 Å². The van der Waals surface area contributed by atoms with Crippen LogP contribution in [0.2, 0.25) is 0 Å². The van der Waals surface area contributed by atoms with E-state index in [0.717, 1.165) is 18.4 Å². The zero-order valence-electron chi connectivity index (χ0n) is 16.0. The zero-order valence-corrected chi connectivity index (χ0v) is 18.4. The fourth-order valence-corrected chi connectivity index (χ4v) is 5.82. The van der Waals surface area contributed by atoms with E-state index in [4.69, 9.17) is 4.74 Å². The van der Waals surface area contributed by atoms with Gasteiger partial charge in [-0.05, 0) is 52.5 Å². The lowest BCUT2D eigenvalue weighted by molar-refractivity contribution is 0.0725. The molecule has 0 unspecified atom stereocenters. The van der Waals surface area contributed by atoms with Crippen LogP contribution < -0.4 is 0 Å². The molecule has 1 saturated carbocycles. The third kappa shape index (κ3) is 4.55. The van der Waals surface area contributed by atoms with E-state index in [0.29, 0.717) is 42.9 Å². The minimum absolute atomic E-state index is 0.126. The molecule has 2 aromatic carbocycles. The van der Waals surface area contributed by atoms with Gasteiger partial charge in [0.1, 0.15) is 0 Å². The van der Waals surface area contributed by atoms with E-state index in [1.807, 2.05) is 35.2 Å². The molecule has 1 aliphatic heterocycles. The van der Waals surface area contributed by atoms with Crippen LogP contribution in [0.15, 0.2) is 57.9 Å². The molecule has 2 aliphatic rings. The lowest BCUT2D eigenvalue weighted by Crippen LogP contribution is -2.40. The number of benzene rings is 2. The second-order valence-electron chi connectivity index (χ2n) is 7.31. The maximum atomic E-state index is 13.3. The molecule has 0 aromatic heterocycles. The summed E-state index contributed by atoms with van der Waals surface area (Å²) in [6.07, 6.45) is 1.96. The molecule has 29 heavy (non-hydrogen) atoms. The third-order valence-corrected chi connectivity index (χ3v) is 8.10. The molecule has 6 nitrogen and oxygen atoms in total. The molecule has 0 bridgehead atoms. The Morgan fingerprint density at radius 2 is 1.79 bits per heavy atom. The molecule has 1 aliphatic carbocycles. The van der Waals surface area contributed by atoms with Gasteiger partial charge in [-0.3, -0.25) is 4.79 Å². The molecule has 1 amide bonds. The summed E-state index contributed by atoms with van der Waals surface area (Å²) >= 11 is 3.35. The van der Waals surface area contributed by atoms with E-state index in [1.165, 1.54) is 10.4 Å². The van der Waals surface area contributed by atoms with Gasteiger partial charge in [0, 0.05) is 35.7 Å². The van der Waals surface area contributed by atoms with Crippen LogP contribution >= 0.6 is 15.9 Å². The number of sulfonamides is 1. The first kappa shape index (κ1) is 20.5. The van der Waals surface area contributed by atoms with Gasteiger partial charge in [0.2, 0.25) is 10.0 Å². The van der Waals surface area contributed by atoms with Gasteiger partial charge >= 0.3 is 0 Å². The quantitative estimate of drug-likeness (QED) is 0.638. The van der Waals surface area contributed by atoms with Gasteiger partial charge in [0.25, 0.3) is 5.91 Å². The summed E-state index contributed by atoms with van der Waals surface area (Å²) in [5.41, 5.74) is 1.45. The van der Waals surface area contributed by atoms with Gasteiger partial charge < -0.3 is 9.64 Å². The number of ether oxygens (including phenoxy) is 1. The lowest BCUT2D eigenvalue weighted by atomic mass is 10.1. The largest absolute Gasteiger partial charge is 0.379 e. The van der Waals surface area contributed by atoms with Crippen molar-refractivity contribution in [3.05, 3.63) is 64.1 Å². The summed E-state index contributed by atoms with van der Waals surface area (Å²) in [6.45, 7) is 1.90. The molecule has 8 heteroatoms. The van der Waals surface area contributed by atoms with Crippen molar-refractivity contribution in [1.82, 2.24) is 9.21 Å². The van der Waals surface area contributed by atoms with E-state index in [9.17, 15) is 13.2 Å². The monoisotopic (exact) mass is 478 g/mol. The topological polar surface area (TPSA) is 66.9 Å². The highest BCUT2D eigenvalue weighted by molar-refractivity contribution is 9.10. The van der Waals surface area contributed by atoms with Crippen LogP contribution in [0.5, 0.6) is 0 Å². The molecule has 1 saturated heterocycles. The van der Waals surface area contributed by atoms with Crippen LogP contribution in [0.3, 0.4) is 0 Å². The van der Waals surface area contributed by atoms with Crippen LogP contribution in [0, 0.1) is 0 Å².